The van der Waals surface area contributed by atoms with Gasteiger partial charge in [-0.15, -0.1) is 0 Å². The Hall–Kier alpha value is -3.42. The van der Waals surface area contributed by atoms with Gasteiger partial charge in [0, 0.05) is 27.8 Å². The first-order chi connectivity index (χ1) is 17.7. The Bertz CT molecular complexity index is 1420. The van der Waals surface area contributed by atoms with E-state index >= 15 is 0 Å². The van der Waals surface area contributed by atoms with Crippen LogP contribution in [0.2, 0.25) is 0 Å². The summed E-state index contributed by atoms with van der Waals surface area (Å²) in [6.07, 6.45) is 8.77. The van der Waals surface area contributed by atoms with Crippen LogP contribution in [0, 0.1) is 0 Å². The fraction of sp³-hybridized carbons (Fsp3) is 0.276. The first-order valence-electron chi connectivity index (χ1n) is 12.6. The van der Waals surface area contributed by atoms with Gasteiger partial charge in [-0.3, -0.25) is 19.8 Å². The molecule has 0 bridgehead atoms. The van der Waals surface area contributed by atoms with Crippen LogP contribution in [0.3, 0.4) is 0 Å². The van der Waals surface area contributed by atoms with Crippen LogP contribution in [0.1, 0.15) is 53.1 Å². The van der Waals surface area contributed by atoms with Gasteiger partial charge in [-0.1, -0.05) is 30.0 Å². The average molecular weight is 496 g/mol. The lowest BCUT2D eigenvalue weighted by atomic mass is 10.2. The highest BCUT2D eigenvalue weighted by molar-refractivity contribution is 7.99. The molecule has 1 saturated heterocycles. The number of benzene rings is 2. The maximum atomic E-state index is 12.7. The first-order valence-corrected chi connectivity index (χ1v) is 13.5. The van der Waals surface area contributed by atoms with E-state index in [0.717, 1.165) is 62.7 Å². The van der Waals surface area contributed by atoms with E-state index in [4.69, 9.17) is 4.98 Å². The summed E-state index contributed by atoms with van der Waals surface area (Å²) < 4.78 is 0. The fourth-order valence-corrected chi connectivity index (χ4v) is 5.57. The second kappa shape index (κ2) is 10.3. The number of hydrogen-bond donors (Lipinski definition) is 2. The van der Waals surface area contributed by atoms with Crippen molar-refractivity contribution >= 4 is 40.7 Å². The topological polar surface area (TPSA) is 73.9 Å². The van der Waals surface area contributed by atoms with Crippen molar-refractivity contribution in [3.63, 3.8) is 0 Å². The minimum absolute atomic E-state index is 0.00810. The Morgan fingerprint density at radius 1 is 1.06 bits per heavy atom. The van der Waals surface area contributed by atoms with Gasteiger partial charge in [-0.2, -0.15) is 5.10 Å². The fourth-order valence-electron chi connectivity index (χ4n) is 4.58. The lowest BCUT2D eigenvalue weighted by Crippen LogP contribution is -2.25. The molecule has 1 saturated carbocycles. The van der Waals surface area contributed by atoms with Crippen LogP contribution in [0.4, 0.5) is 0 Å². The van der Waals surface area contributed by atoms with Gasteiger partial charge < -0.3 is 5.32 Å². The number of carbonyl (C=O) groups is 1. The Morgan fingerprint density at radius 3 is 2.78 bits per heavy atom. The average Bonchev–Trinajstić information content (AvgIpc) is 3.39. The van der Waals surface area contributed by atoms with Crippen molar-refractivity contribution < 1.29 is 4.79 Å². The van der Waals surface area contributed by atoms with Gasteiger partial charge in [0.15, 0.2) is 0 Å². The van der Waals surface area contributed by atoms with Crippen molar-refractivity contribution in [2.75, 3.05) is 13.1 Å². The minimum atomic E-state index is 0.00810. The summed E-state index contributed by atoms with van der Waals surface area (Å²) in [7, 11) is 0. The van der Waals surface area contributed by atoms with Gasteiger partial charge in [-0.05, 0) is 93.4 Å². The Morgan fingerprint density at radius 2 is 1.92 bits per heavy atom. The first kappa shape index (κ1) is 23.0. The summed E-state index contributed by atoms with van der Waals surface area (Å²) in [5, 5.41) is 11.8. The molecule has 2 aromatic carbocycles. The summed E-state index contributed by atoms with van der Waals surface area (Å²) in [4.78, 5) is 22.0. The molecule has 36 heavy (non-hydrogen) atoms. The number of aromatic nitrogens is 3. The standard InChI is InChI=1S/C29H29N5OS/c35-29(31-21-10-11-21)25-8-1-2-9-28(25)36-23-13-14-24-26(32-33-27(24)18-23)15-12-20-6-5-7-22(30-20)19-34-16-3-4-17-34/h1-2,5-9,12-15,18,21H,3-4,10-11,16-17,19H2,(H,31,35)(H,32,33)/b15-12+. The van der Waals surface area contributed by atoms with Crippen LogP contribution < -0.4 is 5.32 Å². The molecule has 0 atom stereocenters. The third kappa shape index (κ3) is 5.37. The van der Waals surface area contributed by atoms with Gasteiger partial charge in [0.2, 0.25) is 0 Å². The third-order valence-electron chi connectivity index (χ3n) is 6.66. The van der Waals surface area contributed by atoms with Gasteiger partial charge >= 0.3 is 0 Å². The number of carbonyl (C=O) groups excluding carboxylic acids is 1. The van der Waals surface area contributed by atoms with Gasteiger partial charge in [0.1, 0.15) is 0 Å². The quantitative estimate of drug-likeness (QED) is 0.325. The summed E-state index contributed by atoms with van der Waals surface area (Å²) in [6.45, 7) is 3.25. The van der Waals surface area contributed by atoms with E-state index in [9.17, 15) is 4.79 Å². The molecule has 6 nitrogen and oxygen atoms in total. The molecule has 3 heterocycles. The largest absolute Gasteiger partial charge is 0.349 e. The van der Waals surface area contributed by atoms with E-state index in [1.807, 2.05) is 42.5 Å². The normalized spacial score (nSPS) is 16.2. The highest BCUT2D eigenvalue weighted by Gasteiger charge is 2.25. The lowest BCUT2D eigenvalue weighted by Gasteiger charge is -2.13. The highest BCUT2D eigenvalue weighted by atomic mass is 32.2. The molecule has 2 aromatic heterocycles. The van der Waals surface area contributed by atoms with Crippen LogP contribution in [-0.2, 0) is 6.54 Å². The number of likely N-dealkylation sites (tertiary alicyclic amines) is 1. The number of pyridine rings is 1. The molecule has 2 fully saturated rings. The van der Waals surface area contributed by atoms with Crippen LogP contribution in [-0.4, -0.2) is 45.1 Å². The zero-order valence-corrected chi connectivity index (χ0v) is 20.9. The number of H-pyrrole nitrogens is 1. The zero-order chi connectivity index (χ0) is 24.3. The van der Waals surface area contributed by atoms with Crippen molar-refractivity contribution in [1.29, 1.82) is 0 Å². The van der Waals surface area contributed by atoms with E-state index in [-0.39, 0.29) is 5.91 Å². The highest BCUT2D eigenvalue weighted by Crippen LogP contribution is 2.33. The second-order valence-electron chi connectivity index (χ2n) is 9.53. The third-order valence-corrected chi connectivity index (χ3v) is 7.73. The number of nitrogens with zero attached hydrogens (tertiary/aromatic N) is 3. The molecule has 0 spiro atoms. The molecular weight excluding hydrogens is 466 g/mol. The molecule has 4 aromatic rings. The summed E-state index contributed by atoms with van der Waals surface area (Å²) >= 11 is 1.60. The van der Waals surface area contributed by atoms with Crippen molar-refractivity contribution in [2.24, 2.45) is 0 Å². The molecule has 1 amide bonds. The van der Waals surface area contributed by atoms with Crippen LogP contribution in [0.5, 0.6) is 0 Å². The van der Waals surface area contributed by atoms with Crippen LogP contribution in [0.25, 0.3) is 23.1 Å². The molecule has 2 N–H and O–H groups in total. The Balaban J connectivity index is 1.17. The molecule has 7 heteroatoms. The molecule has 1 aliphatic heterocycles. The Labute approximate surface area is 215 Å². The van der Waals surface area contributed by atoms with E-state index < -0.39 is 0 Å². The lowest BCUT2D eigenvalue weighted by molar-refractivity contribution is 0.0948. The van der Waals surface area contributed by atoms with Gasteiger partial charge in [-0.25, -0.2) is 0 Å². The minimum Gasteiger partial charge on any atom is -0.349 e. The van der Waals surface area contributed by atoms with E-state index in [0.29, 0.717) is 6.04 Å². The predicted octanol–water partition coefficient (Wildman–Crippen LogP) is 5.77. The molecule has 182 valence electrons. The molecule has 1 aliphatic carbocycles. The molecule has 2 aliphatic rings. The zero-order valence-electron chi connectivity index (χ0n) is 20.1. The summed E-state index contributed by atoms with van der Waals surface area (Å²) in [5.41, 5.74) is 4.63. The number of amides is 1. The number of fused-ring (bicyclic) bond motifs is 1. The van der Waals surface area contributed by atoms with Gasteiger partial charge in [0.05, 0.1) is 28.2 Å². The Kier molecular flexibility index (Phi) is 6.57. The number of rotatable bonds is 8. The SMILES string of the molecule is O=C(NC1CC1)c1ccccc1Sc1ccc2c(/C=C/c3cccc(CN4CCCC4)n3)n[nH]c2c1. The maximum Gasteiger partial charge on any atom is 0.252 e. The van der Waals surface area contributed by atoms with Crippen molar-refractivity contribution in [2.45, 2.75) is 48.1 Å². The van der Waals surface area contributed by atoms with E-state index in [1.54, 1.807) is 11.8 Å². The van der Waals surface area contributed by atoms with Crippen molar-refractivity contribution in [1.82, 2.24) is 25.4 Å². The predicted molar refractivity (Wildman–Crippen MR) is 145 cm³/mol. The van der Waals surface area contributed by atoms with Crippen molar-refractivity contribution in [3.8, 4) is 0 Å². The number of nitrogens with one attached hydrogen (secondary N) is 2. The van der Waals surface area contributed by atoms with E-state index in [2.05, 4.69) is 50.7 Å². The smallest absolute Gasteiger partial charge is 0.252 e. The van der Waals surface area contributed by atoms with Crippen molar-refractivity contribution in [3.05, 3.63) is 83.3 Å². The van der Waals surface area contributed by atoms with E-state index in [1.165, 1.54) is 25.9 Å². The molecule has 0 radical (unpaired) electrons. The summed E-state index contributed by atoms with van der Waals surface area (Å²) in [6, 6.07) is 20.6. The van der Waals surface area contributed by atoms with Gasteiger partial charge in [0.25, 0.3) is 5.91 Å². The molecule has 6 rings (SSSR count). The number of aromatic amines is 1. The maximum absolute atomic E-state index is 12.7. The molecule has 0 unspecified atom stereocenters. The monoisotopic (exact) mass is 495 g/mol. The van der Waals surface area contributed by atoms with Crippen LogP contribution >= 0.6 is 11.8 Å². The van der Waals surface area contributed by atoms with Crippen LogP contribution in [0.15, 0.2) is 70.5 Å². The number of hydrogen-bond acceptors (Lipinski definition) is 5. The summed E-state index contributed by atoms with van der Waals surface area (Å²) in [5.74, 6) is 0.00810. The second-order valence-corrected chi connectivity index (χ2v) is 10.6. The molecular formula is C29H29N5OS.